The Morgan fingerprint density at radius 3 is 2.82 bits per heavy atom. The number of pyridine rings is 1. The van der Waals surface area contributed by atoms with Crippen LogP contribution in [-0.4, -0.2) is 16.5 Å². The van der Waals surface area contributed by atoms with E-state index < -0.39 is 23.0 Å². The number of aryl methyl sites for hydroxylation is 1. The molecule has 0 aliphatic heterocycles. The molecular weight excluding hydrogens is 296 g/mol. The van der Waals surface area contributed by atoms with Gasteiger partial charge in [0.15, 0.2) is 0 Å². The predicted octanol–water partition coefficient (Wildman–Crippen LogP) is 3.51. The van der Waals surface area contributed by atoms with Gasteiger partial charge in [0.1, 0.15) is 0 Å². The molecule has 0 saturated heterocycles. The minimum Gasteiger partial charge on any atom is -0.427 e. The van der Waals surface area contributed by atoms with E-state index in [0.717, 1.165) is 17.2 Å². The number of nitrogens with zero attached hydrogens (tertiary/aromatic N) is 2. The van der Waals surface area contributed by atoms with Crippen LogP contribution in [-0.2, 0) is 6.54 Å². The number of hydrogen-bond donors (Lipinski definition) is 1. The highest BCUT2D eigenvalue weighted by Gasteiger charge is 2.19. The summed E-state index contributed by atoms with van der Waals surface area (Å²) in [5.74, 6) is -0.476. The van der Waals surface area contributed by atoms with Crippen LogP contribution in [0.25, 0.3) is 0 Å². The highest BCUT2D eigenvalue weighted by molar-refractivity contribution is 5.58. The number of alkyl halides is 2. The molecule has 22 heavy (non-hydrogen) atoms. The Bertz CT molecular complexity index is 680. The number of hydrogen-bond acceptors (Lipinski definition) is 5. The van der Waals surface area contributed by atoms with E-state index in [0.29, 0.717) is 12.2 Å². The second-order valence-electron chi connectivity index (χ2n) is 4.47. The zero-order valence-electron chi connectivity index (χ0n) is 11.6. The highest BCUT2D eigenvalue weighted by Crippen LogP contribution is 2.31. The lowest BCUT2D eigenvalue weighted by Gasteiger charge is -2.11. The fourth-order valence-corrected chi connectivity index (χ4v) is 1.86. The minimum atomic E-state index is -3.13. The van der Waals surface area contributed by atoms with Gasteiger partial charge in [-0.2, -0.15) is 8.78 Å². The Morgan fingerprint density at radius 2 is 2.18 bits per heavy atom. The van der Waals surface area contributed by atoms with Crippen molar-refractivity contribution in [1.29, 1.82) is 0 Å². The molecule has 116 valence electrons. The molecule has 1 heterocycles. The van der Waals surface area contributed by atoms with Crippen molar-refractivity contribution in [2.24, 2.45) is 0 Å². The molecule has 0 atom stereocenters. The van der Waals surface area contributed by atoms with Crippen LogP contribution >= 0.6 is 0 Å². The monoisotopic (exact) mass is 309 g/mol. The van der Waals surface area contributed by atoms with Crippen LogP contribution < -0.4 is 10.1 Å². The first kappa shape index (κ1) is 15.6. The minimum absolute atomic E-state index is 0.431. The van der Waals surface area contributed by atoms with E-state index in [4.69, 9.17) is 0 Å². The van der Waals surface area contributed by atoms with Gasteiger partial charge in [0, 0.05) is 36.8 Å². The van der Waals surface area contributed by atoms with Crippen LogP contribution in [0.2, 0.25) is 0 Å². The van der Waals surface area contributed by atoms with Crippen molar-refractivity contribution >= 4 is 11.4 Å². The van der Waals surface area contributed by atoms with E-state index in [1.807, 2.05) is 13.0 Å². The van der Waals surface area contributed by atoms with Gasteiger partial charge in [-0.3, -0.25) is 15.1 Å². The lowest BCUT2D eigenvalue weighted by atomic mass is 10.1. The van der Waals surface area contributed by atoms with E-state index >= 15 is 0 Å². The van der Waals surface area contributed by atoms with Gasteiger partial charge in [0.05, 0.1) is 4.92 Å². The first-order chi connectivity index (χ1) is 10.5. The van der Waals surface area contributed by atoms with E-state index in [2.05, 4.69) is 15.0 Å². The normalized spacial score (nSPS) is 10.5. The fraction of sp³-hybridized carbons (Fsp3) is 0.214. The van der Waals surface area contributed by atoms with Crippen LogP contribution in [0.5, 0.6) is 5.75 Å². The number of halogens is 2. The number of rotatable bonds is 6. The average molecular weight is 309 g/mol. The molecule has 2 aromatic rings. The van der Waals surface area contributed by atoms with E-state index in [9.17, 15) is 18.9 Å². The Kier molecular flexibility index (Phi) is 4.82. The van der Waals surface area contributed by atoms with Crippen LogP contribution in [0.1, 0.15) is 11.1 Å². The number of ether oxygens (including phenoxy) is 1. The first-order valence-electron chi connectivity index (χ1n) is 6.34. The first-order valence-corrected chi connectivity index (χ1v) is 6.34. The number of nitro groups is 1. The van der Waals surface area contributed by atoms with Crippen molar-refractivity contribution in [3.8, 4) is 5.75 Å². The van der Waals surface area contributed by atoms with Crippen molar-refractivity contribution in [2.75, 3.05) is 5.32 Å². The Morgan fingerprint density at radius 1 is 1.41 bits per heavy atom. The van der Waals surface area contributed by atoms with Crippen LogP contribution in [0.15, 0.2) is 36.7 Å². The van der Waals surface area contributed by atoms with Crippen molar-refractivity contribution < 1.29 is 18.4 Å². The molecule has 1 aromatic carbocycles. The maximum Gasteiger partial charge on any atom is 0.387 e. The summed E-state index contributed by atoms with van der Waals surface area (Å²) in [5.41, 5.74) is 1.88. The third kappa shape index (κ3) is 3.87. The molecule has 1 N–H and O–H groups in total. The summed E-state index contributed by atoms with van der Waals surface area (Å²) in [6, 6.07) is 5.57. The smallest absolute Gasteiger partial charge is 0.387 e. The quantitative estimate of drug-likeness (QED) is 0.652. The average Bonchev–Trinajstić information content (AvgIpc) is 2.45. The molecule has 0 radical (unpaired) electrons. The van der Waals surface area contributed by atoms with Crippen molar-refractivity contribution in [2.45, 2.75) is 20.1 Å². The lowest BCUT2D eigenvalue weighted by Crippen LogP contribution is -2.06. The third-order valence-electron chi connectivity index (χ3n) is 2.99. The maximum absolute atomic E-state index is 12.3. The molecule has 0 unspecified atom stereocenters. The molecule has 0 saturated carbocycles. The van der Waals surface area contributed by atoms with Gasteiger partial charge in [-0.05, 0) is 30.2 Å². The summed E-state index contributed by atoms with van der Waals surface area (Å²) in [5, 5.41) is 13.8. The molecule has 0 aliphatic rings. The van der Waals surface area contributed by atoms with Gasteiger partial charge in [0.2, 0.25) is 5.75 Å². The standard InChI is InChI=1S/C14H13F2N3O3/c1-9-7-17-5-4-10(9)8-18-11-2-3-12(19(20)21)13(6-11)22-14(15)16/h2-7,14,18H,8H2,1H3. The molecule has 6 nitrogen and oxygen atoms in total. The molecule has 0 bridgehead atoms. The fourth-order valence-electron chi connectivity index (χ4n) is 1.86. The van der Waals surface area contributed by atoms with Crippen LogP contribution in [0.3, 0.4) is 0 Å². The summed E-state index contributed by atoms with van der Waals surface area (Å²) < 4.78 is 28.9. The molecule has 0 spiro atoms. The second-order valence-corrected chi connectivity index (χ2v) is 4.47. The van der Waals surface area contributed by atoms with Crippen LogP contribution in [0, 0.1) is 17.0 Å². The summed E-state index contributed by atoms with van der Waals surface area (Å²) in [6.07, 6.45) is 3.35. The van der Waals surface area contributed by atoms with Crippen molar-refractivity contribution in [1.82, 2.24) is 4.98 Å². The summed E-state index contributed by atoms with van der Waals surface area (Å²) in [7, 11) is 0. The zero-order chi connectivity index (χ0) is 16.1. The molecular formula is C14H13F2N3O3. The Labute approximate surface area is 124 Å². The van der Waals surface area contributed by atoms with Gasteiger partial charge in [-0.25, -0.2) is 0 Å². The van der Waals surface area contributed by atoms with Crippen molar-refractivity contribution in [3.63, 3.8) is 0 Å². The molecule has 0 amide bonds. The van der Waals surface area contributed by atoms with Gasteiger partial charge >= 0.3 is 12.3 Å². The topological polar surface area (TPSA) is 77.3 Å². The second kappa shape index (κ2) is 6.79. The van der Waals surface area contributed by atoms with Crippen molar-refractivity contribution in [3.05, 3.63) is 57.9 Å². The largest absolute Gasteiger partial charge is 0.427 e. The van der Waals surface area contributed by atoms with Gasteiger partial charge in [0.25, 0.3) is 0 Å². The number of anilines is 1. The molecule has 0 fully saturated rings. The molecule has 2 rings (SSSR count). The summed E-state index contributed by atoms with van der Waals surface area (Å²) >= 11 is 0. The highest BCUT2D eigenvalue weighted by atomic mass is 19.3. The Hall–Kier alpha value is -2.77. The maximum atomic E-state index is 12.3. The number of nitrogens with one attached hydrogen (secondary N) is 1. The molecule has 8 heteroatoms. The number of aromatic nitrogens is 1. The molecule has 1 aromatic heterocycles. The third-order valence-corrected chi connectivity index (χ3v) is 2.99. The Balaban J connectivity index is 2.18. The van der Waals surface area contributed by atoms with E-state index in [-0.39, 0.29) is 0 Å². The van der Waals surface area contributed by atoms with Crippen LogP contribution in [0.4, 0.5) is 20.2 Å². The lowest BCUT2D eigenvalue weighted by molar-refractivity contribution is -0.386. The van der Waals surface area contributed by atoms with Gasteiger partial charge in [-0.1, -0.05) is 0 Å². The van der Waals surface area contributed by atoms with E-state index in [1.54, 1.807) is 12.4 Å². The molecule has 0 aliphatic carbocycles. The van der Waals surface area contributed by atoms with E-state index in [1.165, 1.54) is 12.1 Å². The van der Waals surface area contributed by atoms with Gasteiger partial charge < -0.3 is 10.1 Å². The van der Waals surface area contributed by atoms with Gasteiger partial charge in [-0.15, -0.1) is 0 Å². The zero-order valence-corrected chi connectivity index (χ0v) is 11.6. The predicted molar refractivity (Wildman–Crippen MR) is 76.0 cm³/mol. The SMILES string of the molecule is Cc1cnccc1CNc1ccc([N+](=O)[O-])c(OC(F)F)c1. The number of nitro benzene ring substituents is 1. The summed E-state index contributed by atoms with van der Waals surface area (Å²) in [4.78, 5) is 14.0. The summed E-state index contributed by atoms with van der Waals surface area (Å²) in [6.45, 7) is -0.803. The number of benzene rings is 1.